The van der Waals surface area contributed by atoms with Crippen molar-refractivity contribution in [3.8, 4) is 0 Å². The summed E-state index contributed by atoms with van der Waals surface area (Å²) >= 11 is 0. The van der Waals surface area contributed by atoms with Crippen molar-refractivity contribution in [3.63, 3.8) is 0 Å². The first kappa shape index (κ1) is 13.0. The number of piperidine rings is 1. The summed E-state index contributed by atoms with van der Waals surface area (Å²) in [5.74, 6) is 1.89. The molecule has 4 nitrogen and oxygen atoms in total. The van der Waals surface area contributed by atoms with E-state index >= 15 is 0 Å². The monoisotopic (exact) mass is 284 g/mol. The first-order valence-corrected chi connectivity index (χ1v) is 8.21. The minimum atomic E-state index is 0.571. The van der Waals surface area contributed by atoms with Crippen molar-refractivity contribution in [1.82, 2.24) is 9.66 Å². The van der Waals surface area contributed by atoms with Crippen LogP contribution in [0.25, 0.3) is 11.0 Å². The van der Waals surface area contributed by atoms with Gasteiger partial charge in [-0.2, -0.15) is 0 Å². The van der Waals surface area contributed by atoms with Gasteiger partial charge in [0.05, 0.1) is 11.0 Å². The van der Waals surface area contributed by atoms with Crippen LogP contribution in [0.1, 0.15) is 57.7 Å². The van der Waals surface area contributed by atoms with Crippen molar-refractivity contribution >= 4 is 16.7 Å². The molecule has 2 aliphatic rings. The van der Waals surface area contributed by atoms with E-state index in [0.29, 0.717) is 18.0 Å². The van der Waals surface area contributed by atoms with Gasteiger partial charge in [0.15, 0.2) is 0 Å². The van der Waals surface area contributed by atoms with Gasteiger partial charge in [0.1, 0.15) is 5.82 Å². The molecule has 0 amide bonds. The van der Waals surface area contributed by atoms with Crippen LogP contribution >= 0.6 is 0 Å². The molecular formula is C17H24N4. The topological polar surface area (TPSA) is 47.1 Å². The third-order valence-corrected chi connectivity index (χ3v) is 5.00. The van der Waals surface area contributed by atoms with Crippen molar-refractivity contribution in [2.75, 3.05) is 10.7 Å². The summed E-state index contributed by atoms with van der Waals surface area (Å²) in [5.41, 5.74) is 9.00. The maximum Gasteiger partial charge on any atom is 0.132 e. The first-order valence-electron chi connectivity index (χ1n) is 8.21. The van der Waals surface area contributed by atoms with Crippen LogP contribution in [-0.2, 0) is 0 Å². The molecular weight excluding hydrogens is 260 g/mol. The van der Waals surface area contributed by atoms with Crippen molar-refractivity contribution in [1.29, 1.82) is 0 Å². The number of nitrogens with zero attached hydrogens (tertiary/aromatic N) is 3. The van der Waals surface area contributed by atoms with E-state index in [4.69, 9.17) is 10.7 Å². The number of anilines is 1. The van der Waals surface area contributed by atoms with Crippen LogP contribution in [0.3, 0.4) is 0 Å². The second-order valence-corrected chi connectivity index (χ2v) is 6.81. The molecule has 0 radical (unpaired) electrons. The fraction of sp³-hybridized carbons (Fsp3) is 0.588. The lowest BCUT2D eigenvalue weighted by molar-refractivity contribution is 0.335. The maximum absolute atomic E-state index is 5.95. The number of hydrogen-bond donors (Lipinski definition) is 1. The standard InChI is InChI=1S/C17H24N4/c1-11-4-3-5-12(2)20(11)21-16-9-8-14(18)10-15(16)19-17(21)13-6-7-13/h8-13H,3-7,18H2,1-2H3. The van der Waals surface area contributed by atoms with Crippen LogP contribution in [0.2, 0.25) is 0 Å². The van der Waals surface area contributed by atoms with Crippen molar-refractivity contribution in [2.45, 2.75) is 64.0 Å². The lowest BCUT2D eigenvalue weighted by Gasteiger charge is -2.42. The first-order chi connectivity index (χ1) is 10.1. The summed E-state index contributed by atoms with van der Waals surface area (Å²) in [4.78, 5) is 4.92. The van der Waals surface area contributed by atoms with Crippen LogP contribution in [0.15, 0.2) is 18.2 Å². The Bertz CT molecular complexity index is 661. The SMILES string of the molecule is CC1CCCC(C)N1n1c(C2CC2)nc2cc(N)ccc21. The average molecular weight is 284 g/mol. The van der Waals surface area contributed by atoms with Gasteiger partial charge in [-0.25, -0.2) is 9.66 Å². The fourth-order valence-electron chi connectivity index (χ4n) is 3.75. The maximum atomic E-state index is 5.95. The molecule has 4 heteroatoms. The number of rotatable bonds is 2. The molecule has 112 valence electrons. The Labute approximate surface area is 125 Å². The molecule has 2 unspecified atom stereocenters. The third-order valence-electron chi connectivity index (χ3n) is 5.00. The smallest absolute Gasteiger partial charge is 0.132 e. The van der Waals surface area contributed by atoms with Crippen LogP contribution in [0.4, 0.5) is 5.69 Å². The van der Waals surface area contributed by atoms with E-state index in [2.05, 4.69) is 29.6 Å². The minimum Gasteiger partial charge on any atom is -0.399 e. The normalized spacial score (nSPS) is 26.5. The van der Waals surface area contributed by atoms with E-state index in [-0.39, 0.29) is 0 Å². The molecule has 2 heterocycles. The highest BCUT2D eigenvalue weighted by Gasteiger charge is 2.34. The van der Waals surface area contributed by atoms with Crippen molar-refractivity contribution in [2.24, 2.45) is 0 Å². The van der Waals surface area contributed by atoms with E-state index in [1.165, 1.54) is 43.4 Å². The van der Waals surface area contributed by atoms with Gasteiger partial charge in [0.2, 0.25) is 0 Å². The summed E-state index contributed by atoms with van der Waals surface area (Å²) in [6.45, 7) is 4.69. The molecule has 21 heavy (non-hydrogen) atoms. The quantitative estimate of drug-likeness (QED) is 0.860. The summed E-state index contributed by atoms with van der Waals surface area (Å²) < 4.78 is 2.42. The Morgan fingerprint density at radius 1 is 1.10 bits per heavy atom. The summed E-state index contributed by atoms with van der Waals surface area (Å²) in [6.07, 6.45) is 6.41. The predicted molar refractivity (Wildman–Crippen MR) is 87.1 cm³/mol. The lowest BCUT2D eigenvalue weighted by atomic mass is 10.00. The highest BCUT2D eigenvalue weighted by Crippen LogP contribution is 2.41. The highest BCUT2D eigenvalue weighted by molar-refractivity contribution is 5.80. The molecule has 1 aromatic heterocycles. The molecule has 0 bridgehead atoms. The van der Waals surface area contributed by atoms with E-state index < -0.39 is 0 Å². The molecule has 1 aliphatic carbocycles. The molecule has 2 aromatic rings. The molecule has 1 aromatic carbocycles. The minimum absolute atomic E-state index is 0.571. The molecule has 0 spiro atoms. The van der Waals surface area contributed by atoms with E-state index in [1.807, 2.05) is 12.1 Å². The van der Waals surface area contributed by atoms with E-state index in [0.717, 1.165) is 11.2 Å². The number of benzene rings is 1. The van der Waals surface area contributed by atoms with Gasteiger partial charge in [-0.3, -0.25) is 0 Å². The second-order valence-electron chi connectivity index (χ2n) is 6.81. The number of nitrogen functional groups attached to an aromatic ring is 1. The van der Waals surface area contributed by atoms with Gasteiger partial charge in [-0.05, 0) is 64.2 Å². The highest BCUT2D eigenvalue weighted by atomic mass is 15.6. The molecule has 2 atom stereocenters. The Morgan fingerprint density at radius 3 is 2.48 bits per heavy atom. The molecule has 1 saturated heterocycles. The second kappa shape index (κ2) is 4.65. The number of fused-ring (bicyclic) bond motifs is 1. The zero-order valence-electron chi connectivity index (χ0n) is 12.9. The Kier molecular flexibility index (Phi) is 2.88. The van der Waals surface area contributed by atoms with Gasteiger partial charge < -0.3 is 10.7 Å². The zero-order valence-corrected chi connectivity index (χ0v) is 12.9. The van der Waals surface area contributed by atoms with E-state index in [1.54, 1.807) is 0 Å². The van der Waals surface area contributed by atoms with Crippen LogP contribution in [-0.4, -0.2) is 21.7 Å². The van der Waals surface area contributed by atoms with Crippen molar-refractivity contribution in [3.05, 3.63) is 24.0 Å². The summed E-state index contributed by atoms with van der Waals surface area (Å²) in [5, 5.41) is 2.56. The summed E-state index contributed by atoms with van der Waals surface area (Å²) in [6, 6.07) is 7.29. The van der Waals surface area contributed by atoms with Gasteiger partial charge >= 0.3 is 0 Å². The Hall–Kier alpha value is -1.71. The van der Waals surface area contributed by atoms with Gasteiger partial charge in [-0.1, -0.05) is 0 Å². The number of imidazole rings is 1. The predicted octanol–water partition coefficient (Wildman–Crippen LogP) is 3.39. The molecule has 1 aliphatic heterocycles. The average Bonchev–Trinajstić information content (AvgIpc) is 3.22. The fourth-order valence-corrected chi connectivity index (χ4v) is 3.75. The Morgan fingerprint density at radius 2 is 1.81 bits per heavy atom. The zero-order chi connectivity index (χ0) is 14.6. The molecule has 2 N–H and O–H groups in total. The number of hydrogen-bond acceptors (Lipinski definition) is 3. The van der Waals surface area contributed by atoms with E-state index in [9.17, 15) is 0 Å². The van der Waals surface area contributed by atoms with Crippen LogP contribution < -0.4 is 10.7 Å². The van der Waals surface area contributed by atoms with Crippen LogP contribution in [0, 0.1) is 0 Å². The van der Waals surface area contributed by atoms with Gasteiger partial charge in [0.25, 0.3) is 0 Å². The largest absolute Gasteiger partial charge is 0.399 e. The number of aromatic nitrogens is 2. The van der Waals surface area contributed by atoms with Gasteiger partial charge in [-0.15, -0.1) is 0 Å². The van der Waals surface area contributed by atoms with Crippen LogP contribution in [0.5, 0.6) is 0 Å². The molecule has 4 rings (SSSR count). The Balaban J connectivity index is 1.90. The number of nitrogens with two attached hydrogens (primary N) is 1. The van der Waals surface area contributed by atoms with Crippen molar-refractivity contribution < 1.29 is 0 Å². The summed E-state index contributed by atoms with van der Waals surface area (Å²) in [7, 11) is 0. The third kappa shape index (κ3) is 2.08. The molecule has 1 saturated carbocycles. The molecule has 2 fully saturated rings. The van der Waals surface area contributed by atoms with Gasteiger partial charge in [0, 0.05) is 23.7 Å². The lowest BCUT2D eigenvalue weighted by Crippen LogP contribution is -2.51.